The van der Waals surface area contributed by atoms with Crippen LogP contribution in [0.4, 0.5) is 0 Å². The van der Waals surface area contributed by atoms with Crippen LogP contribution in [0.5, 0.6) is 0 Å². The van der Waals surface area contributed by atoms with Crippen molar-refractivity contribution in [2.75, 3.05) is 0 Å². The minimum Gasteiger partial charge on any atom is -0.304 e. The fraction of sp³-hybridized carbons (Fsp3) is 0.250. The maximum Gasteiger partial charge on any atom is 0.0639 e. The van der Waals surface area contributed by atoms with Crippen LogP contribution >= 0.6 is 34.8 Å². The number of nitrogens with one attached hydrogen (secondary N) is 1. The first-order valence-corrected chi connectivity index (χ1v) is 7.58. The van der Waals surface area contributed by atoms with Gasteiger partial charge in [-0.15, -0.1) is 0 Å². The van der Waals surface area contributed by atoms with Gasteiger partial charge in [-0.2, -0.15) is 0 Å². The van der Waals surface area contributed by atoms with Crippen LogP contribution in [0.25, 0.3) is 0 Å². The van der Waals surface area contributed by atoms with Crippen molar-refractivity contribution in [3.8, 4) is 0 Å². The number of hydrogen-bond acceptors (Lipinski definition) is 1. The Morgan fingerprint density at radius 3 is 2.00 bits per heavy atom. The summed E-state index contributed by atoms with van der Waals surface area (Å²) in [5.74, 6) is 0. The van der Waals surface area contributed by atoms with E-state index in [1.54, 1.807) is 6.07 Å². The molecule has 2 rings (SSSR count). The van der Waals surface area contributed by atoms with Gasteiger partial charge in [-0.1, -0.05) is 65.1 Å². The van der Waals surface area contributed by atoms with Gasteiger partial charge < -0.3 is 5.32 Å². The van der Waals surface area contributed by atoms with Crippen LogP contribution in [-0.2, 0) is 0 Å². The minimum absolute atomic E-state index is 0.0764. The summed E-state index contributed by atoms with van der Waals surface area (Å²) in [4.78, 5) is 0. The summed E-state index contributed by atoms with van der Waals surface area (Å²) in [5, 5.41) is 5.42. The van der Waals surface area contributed by atoms with Crippen LogP contribution in [0.2, 0.25) is 15.1 Å². The molecule has 2 unspecified atom stereocenters. The number of benzene rings is 2. The van der Waals surface area contributed by atoms with Crippen LogP contribution in [0.1, 0.15) is 37.1 Å². The largest absolute Gasteiger partial charge is 0.304 e. The van der Waals surface area contributed by atoms with Gasteiger partial charge in [0.2, 0.25) is 0 Å². The molecule has 2 aromatic carbocycles. The molecule has 106 valence electrons. The molecular formula is C16H16Cl3N. The Bertz CT molecular complexity index is 598. The highest BCUT2D eigenvalue weighted by molar-refractivity contribution is 6.42. The summed E-state index contributed by atoms with van der Waals surface area (Å²) in [6, 6.07) is 13.7. The fourth-order valence-corrected chi connectivity index (χ4v) is 3.01. The number of hydrogen-bond donors (Lipinski definition) is 1. The predicted molar refractivity (Wildman–Crippen MR) is 87.9 cm³/mol. The van der Waals surface area contributed by atoms with E-state index in [4.69, 9.17) is 34.8 Å². The molecule has 0 aliphatic carbocycles. The van der Waals surface area contributed by atoms with Crippen molar-refractivity contribution in [1.29, 1.82) is 0 Å². The molecular weight excluding hydrogens is 313 g/mol. The first-order valence-electron chi connectivity index (χ1n) is 6.45. The molecule has 0 spiro atoms. The van der Waals surface area contributed by atoms with E-state index >= 15 is 0 Å². The van der Waals surface area contributed by atoms with Crippen molar-refractivity contribution in [3.63, 3.8) is 0 Å². The first-order chi connectivity index (χ1) is 9.50. The molecule has 0 heterocycles. The average molecular weight is 329 g/mol. The zero-order chi connectivity index (χ0) is 14.7. The monoisotopic (exact) mass is 327 g/mol. The van der Waals surface area contributed by atoms with E-state index < -0.39 is 0 Å². The third-order valence-corrected chi connectivity index (χ3v) is 4.50. The normalized spacial score (nSPS) is 14.1. The maximum absolute atomic E-state index is 6.25. The van der Waals surface area contributed by atoms with Gasteiger partial charge in [0.1, 0.15) is 0 Å². The molecule has 0 aliphatic heterocycles. The molecule has 2 atom stereocenters. The van der Waals surface area contributed by atoms with E-state index in [9.17, 15) is 0 Å². The van der Waals surface area contributed by atoms with Gasteiger partial charge in [-0.05, 0) is 37.1 Å². The zero-order valence-corrected chi connectivity index (χ0v) is 13.6. The van der Waals surface area contributed by atoms with Gasteiger partial charge in [-0.25, -0.2) is 0 Å². The van der Waals surface area contributed by atoms with Crippen molar-refractivity contribution in [2.24, 2.45) is 0 Å². The zero-order valence-electron chi connectivity index (χ0n) is 11.3. The summed E-state index contributed by atoms with van der Waals surface area (Å²) in [6.07, 6.45) is 0. The second kappa shape index (κ2) is 6.82. The van der Waals surface area contributed by atoms with Gasteiger partial charge >= 0.3 is 0 Å². The van der Waals surface area contributed by atoms with E-state index in [2.05, 4.69) is 19.2 Å². The van der Waals surface area contributed by atoms with Gasteiger partial charge in [0.15, 0.2) is 0 Å². The molecule has 0 radical (unpaired) electrons. The summed E-state index contributed by atoms with van der Waals surface area (Å²) >= 11 is 18.5. The fourth-order valence-electron chi connectivity index (χ4n) is 2.24. The molecule has 0 fully saturated rings. The van der Waals surface area contributed by atoms with Crippen LogP contribution in [-0.4, -0.2) is 0 Å². The van der Waals surface area contributed by atoms with Crippen molar-refractivity contribution >= 4 is 34.8 Å². The summed E-state index contributed by atoms with van der Waals surface area (Å²) in [7, 11) is 0. The topological polar surface area (TPSA) is 12.0 Å². The lowest BCUT2D eigenvalue weighted by molar-refractivity contribution is 0.495. The second-order valence-corrected chi connectivity index (χ2v) is 5.97. The van der Waals surface area contributed by atoms with Crippen LogP contribution < -0.4 is 5.32 Å². The van der Waals surface area contributed by atoms with E-state index in [-0.39, 0.29) is 12.1 Å². The third kappa shape index (κ3) is 3.48. The lowest BCUT2D eigenvalue weighted by atomic mass is 10.0. The molecule has 2 aromatic rings. The average Bonchev–Trinajstić information content (AvgIpc) is 2.42. The lowest BCUT2D eigenvalue weighted by Gasteiger charge is -2.22. The van der Waals surface area contributed by atoms with Gasteiger partial charge in [0.25, 0.3) is 0 Å². The predicted octanol–water partition coefficient (Wildman–Crippen LogP) is 6.06. The summed E-state index contributed by atoms with van der Waals surface area (Å²) < 4.78 is 0. The van der Waals surface area contributed by atoms with Crippen LogP contribution in [0, 0.1) is 0 Å². The minimum atomic E-state index is 0.0764. The van der Waals surface area contributed by atoms with Crippen molar-refractivity contribution in [3.05, 3.63) is 68.7 Å². The smallest absolute Gasteiger partial charge is 0.0639 e. The molecule has 1 N–H and O–H groups in total. The molecule has 0 saturated heterocycles. The molecule has 1 nitrogen and oxygen atoms in total. The SMILES string of the molecule is CC(NC(C)c1cccc(Cl)c1Cl)c1ccccc1Cl. The van der Waals surface area contributed by atoms with Gasteiger partial charge in [0, 0.05) is 17.1 Å². The quantitative estimate of drug-likeness (QED) is 0.719. The molecule has 0 bridgehead atoms. The van der Waals surface area contributed by atoms with Crippen molar-refractivity contribution in [2.45, 2.75) is 25.9 Å². The Morgan fingerprint density at radius 1 is 0.750 bits per heavy atom. The Kier molecular flexibility index (Phi) is 5.34. The van der Waals surface area contributed by atoms with Gasteiger partial charge in [-0.3, -0.25) is 0 Å². The summed E-state index contributed by atoms with van der Waals surface area (Å²) in [5.41, 5.74) is 2.05. The highest BCUT2D eigenvalue weighted by Crippen LogP contribution is 2.31. The maximum atomic E-state index is 6.25. The molecule has 0 aromatic heterocycles. The molecule has 0 aliphatic rings. The number of rotatable bonds is 4. The summed E-state index contributed by atoms with van der Waals surface area (Å²) in [6.45, 7) is 4.14. The Balaban J connectivity index is 2.17. The number of halogens is 3. The van der Waals surface area contributed by atoms with E-state index in [0.29, 0.717) is 10.0 Å². The Labute approximate surface area is 134 Å². The van der Waals surface area contributed by atoms with Crippen molar-refractivity contribution < 1.29 is 0 Å². The standard InChI is InChI=1S/C16H16Cl3N/c1-10(12-6-3-4-8-14(12)17)20-11(2)13-7-5-9-15(18)16(13)19/h3-11,20H,1-2H3. The Hall–Kier alpha value is -0.730. The van der Waals surface area contributed by atoms with E-state index in [0.717, 1.165) is 16.1 Å². The van der Waals surface area contributed by atoms with Crippen molar-refractivity contribution in [1.82, 2.24) is 5.32 Å². The van der Waals surface area contributed by atoms with Gasteiger partial charge in [0.05, 0.1) is 10.0 Å². The lowest BCUT2D eigenvalue weighted by Crippen LogP contribution is -2.23. The Morgan fingerprint density at radius 2 is 1.30 bits per heavy atom. The first kappa shape index (κ1) is 15.7. The highest BCUT2D eigenvalue weighted by atomic mass is 35.5. The third-order valence-electron chi connectivity index (χ3n) is 3.32. The molecule has 20 heavy (non-hydrogen) atoms. The van der Waals surface area contributed by atoms with Crippen LogP contribution in [0.15, 0.2) is 42.5 Å². The second-order valence-electron chi connectivity index (χ2n) is 4.77. The van der Waals surface area contributed by atoms with Crippen LogP contribution in [0.3, 0.4) is 0 Å². The molecule has 0 saturated carbocycles. The molecule has 4 heteroatoms. The highest BCUT2D eigenvalue weighted by Gasteiger charge is 2.16. The van der Waals surface area contributed by atoms with E-state index in [1.807, 2.05) is 36.4 Å². The molecule has 0 amide bonds. The van der Waals surface area contributed by atoms with E-state index in [1.165, 1.54) is 0 Å².